The number of amides is 1. The number of nitrogens with one attached hydrogen (secondary N) is 1. The minimum atomic E-state index is -5.14. The third-order valence-electron chi connectivity index (χ3n) is 10.5. The van der Waals surface area contributed by atoms with Crippen LogP contribution in [0, 0.1) is 0 Å². The summed E-state index contributed by atoms with van der Waals surface area (Å²) in [5.74, 6) is -0.604. The van der Waals surface area contributed by atoms with Crippen LogP contribution in [0.2, 0.25) is 0 Å². The highest BCUT2D eigenvalue weighted by Gasteiger charge is 2.51. The summed E-state index contributed by atoms with van der Waals surface area (Å²) >= 11 is 0. The Balaban J connectivity index is 2.63. The average Bonchev–Trinajstić information content (AvgIpc) is 3.17. The summed E-state index contributed by atoms with van der Waals surface area (Å²) in [6.07, 6.45) is 20.0. The van der Waals surface area contributed by atoms with Gasteiger partial charge in [0.25, 0.3) is 0 Å². The maximum Gasteiger partial charge on any atom is 0.472 e. The number of hydrogen-bond donors (Lipinski definition) is 9. The molecule has 8 unspecified atom stereocenters. The highest BCUT2D eigenvalue weighted by atomic mass is 31.2. The van der Waals surface area contributed by atoms with E-state index in [1.807, 2.05) is 0 Å². The van der Waals surface area contributed by atoms with Crippen molar-refractivity contribution in [2.45, 2.75) is 229 Å². The summed E-state index contributed by atoms with van der Waals surface area (Å²) in [5, 5.41) is 74.2. The minimum absolute atomic E-state index is 0.250. The van der Waals surface area contributed by atoms with Gasteiger partial charge in [0.15, 0.2) is 0 Å². The van der Waals surface area contributed by atoms with Crippen molar-refractivity contribution in [3.8, 4) is 0 Å². The van der Waals surface area contributed by atoms with Gasteiger partial charge < -0.3 is 46.0 Å². The van der Waals surface area contributed by atoms with Gasteiger partial charge in [0.2, 0.25) is 5.91 Å². The Kier molecular flexibility index (Phi) is 30.7. The molecule has 0 aromatic rings. The van der Waals surface area contributed by atoms with Crippen LogP contribution in [-0.2, 0) is 18.4 Å². The van der Waals surface area contributed by atoms with E-state index < -0.39 is 75.2 Å². The van der Waals surface area contributed by atoms with Crippen molar-refractivity contribution < 1.29 is 59.0 Å². The number of phosphoric ester groups is 1. The second kappa shape index (κ2) is 32.6. The monoisotopic (exact) mass is 822 g/mol. The van der Waals surface area contributed by atoms with Gasteiger partial charge >= 0.3 is 7.82 Å². The molecule has 8 atom stereocenters. The van der Waals surface area contributed by atoms with Gasteiger partial charge in [-0.3, -0.25) is 13.8 Å². The molecule has 0 aromatic carbocycles. The third kappa shape index (κ3) is 24.6. The first-order valence-electron chi connectivity index (χ1n) is 21.9. The van der Waals surface area contributed by atoms with E-state index in [4.69, 9.17) is 9.05 Å². The molecule has 1 aliphatic carbocycles. The predicted molar refractivity (Wildman–Crippen MR) is 220 cm³/mol. The lowest BCUT2D eigenvalue weighted by Gasteiger charge is -2.41. The molecule has 56 heavy (non-hydrogen) atoms. The molecule has 9 N–H and O–H groups in total. The molecule has 0 heterocycles. The molecule has 1 rings (SSSR count). The Morgan fingerprint density at radius 1 is 0.625 bits per heavy atom. The molecular formula is C42H80NO12P. The van der Waals surface area contributed by atoms with Gasteiger partial charge in [-0.05, 0) is 32.1 Å². The Morgan fingerprint density at radius 3 is 1.57 bits per heavy atom. The Hall–Kier alpha value is -1.22. The number of hydrogen-bond acceptors (Lipinski definition) is 11. The van der Waals surface area contributed by atoms with E-state index in [-0.39, 0.29) is 6.42 Å². The first-order valence-corrected chi connectivity index (χ1v) is 23.4. The topological polar surface area (TPSA) is 226 Å². The zero-order valence-electron chi connectivity index (χ0n) is 34.5. The van der Waals surface area contributed by atoms with Crippen LogP contribution in [0.4, 0.5) is 0 Å². The number of aliphatic hydroxyl groups excluding tert-OH is 7. The SMILES string of the molecule is CCCCCCCCCCCC/C=C/CC/C=C/C(O)C(COP(=O)(O)OC1C(O)C(O)C(O)C(O)C1O)NC(=O)CC(O)CCCCCCCCCCCC. The summed E-state index contributed by atoms with van der Waals surface area (Å²) in [6.45, 7) is 3.69. The minimum Gasteiger partial charge on any atom is -0.393 e. The maximum absolute atomic E-state index is 12.9. The summed E-state index contributed by atoms with van der Waals surface area (Å²) < 4.78 is 22.8. The van der Waals surface area contributed by atoms with Gasteiger partial charge in [-0.1, -0.05) is 160 Å². The van der Waals surface area contributed by atoms with Crippen molar-refractivity contribution in [1.82, 2.24) is 5.32 Å². The summed E-state index contributed by atoms with van der Waals surface area (Å²) in [5.41, 5.74) is 0. The molecule has 13 nitrogen and oxygen atoms in total. The van der Waals surface area contributed by atoms with E-state index in [0.717, 1.165) is 44.9 Å². The lowest BCUT2D eigenvalue weighted by molar-refractivity contribution is -0.220. The summed E-state index contributed by atoms with van der Waals surface area (Å²) in [7, 11) is -5.14. The molecule has 1 fully saturated rings. The maximum atomic E-state index is 12.9. The molecule has 0 spiro atoms. The number of rotatable bonds is 35. The molecule has 14 heteroatoms. The lowest BCUT2D eigenvalue weighted by Crippen LogP contribution is -2.64. The van der Waals surface area contributed by atoms with Crippen molar-refractivity contribution in [1.29, 1.82) is 0 Å². The van der Waals surface area contributed by atoms with Gasteiger partial charge in [-0.25, -0.2) is 4.57 Å². The van der Waals surface area contributed by atoms with Crippen LogP contribution in [-0.4, -0.2) is 108 Å². The summed E-state index contributed by atoms with van der Waals surface area (Å²) in [4.78, 5) is 23.3. The average molecular weight is 822 g/mol. The van der Waals surface area contributed by atoms with Crippen molar-refractivity contribution in [2.24, 2.45) is 0 Å². The van der Waals surface area contributed by atoms with Gasteiger partial charge in [0.1, 0.15) is 36.6 Å². The zero-order valence-corrected chi connectivity index (χ0v) is 35.4. The van der Waals surface area contributed by atoms with Gasteiger partial charge in [-0.2, -0.15) is 0 Å². The smallest absolute Gasteiger partial charge is 0.393 e. The molecule has 1 amide bonds. The zero-order chi connectivity index (χ0) is 41.6. The van der Waals surface area contributed by atoms with E-state index >= 15 is 0 Å². The molecule has 0 aromatic heterocycles. The molecule has 1 saturated carbocycles. The van der Waals surface area contributed by atoms with E-state index in [1.165, 1.54) is 102 Å². The van der Waals surface area contributed by atoms with Gasteiger partial charge in [0.05, 0.1) is 31.3 Å². The van der Waals surface area contributed by atoms with Crippen LogP contribution >= 0.6 is 7.82 Å². The largest absolute Gasteiger partial charge is 0.472 e. The number of phosphoric acid groups is 1. The third-order valence-corrected chi connectivity index (χ3v) is 11.5. The number of carbonyl (C=O) groups is 1. The second-order valence-corrected chi connectivity index (χ2v) is 17.1. The Labute approximate surface area is 337 Å². The Bertz CT molecular complexity index is 1060. The molecule has 330 valence electrons. The number of aliphatic hydroxyl groups is 7. The van der Waals surface area contributed by atoms with Gasteiger partial charge in [0, 0.05) is 0 Å². The standard InChI is InChI=1S/C42H80NO12P/c1-3-5-7-9-11-13-15-16-17-18-19-20-22-24-26-28-30-35(45)34(32-54-56(52,53)55-42-40(50)38(48)37(47)39(49)41(42)51)43-36(46)31-33(44)29-27-25-23-21-14-12-10-8-6-4-2/h20,22,28,30,33-35,37-42,44-45,47-51H,3-19,21,23-27,29,31-32H2,1-2H3,(H,43,46)(H,52,53)/b22-20+,30-28+. The molecule has 0 bridgehead atoms. The number of carbonyl (C=O) groups excluding carboxylic acids is 1. The van der Waals surface area contributed by atoms with E-state index in [0.29, 0.717) is 12.8 Å². The predicted octanol–water partition coefficient (Wildman–Crippen LogP) is 6.42. The van der Waals surface area contributed by atoms with Crippen molar-refractivity contribution in [3.63, 3.8) is 0 Å². The molecule has 0 saturated heterocycles. The van der Waals surface area contributed by atoms with Crippen LogP contribution < -0.4 is 5.32 Å². The second-order valence-electron chi connectivity index (χ2n) is 15.7. The van der Waals surface area contributed by atoms with Crippen LogP contribution in [0.1, 0.15) is 174 Å². The highest BCUT2D eigenvalue weighted by Crippen LogP contribution is 2.47. The number of allylic oxidation sites excluding steroid dienone is 3. The fourth-order valence-corrected chi connectivity index (χ4v) is 7.87. The normalized spacial score (nSPS) is 24.4. The van der Waals surface area contributed by atoms with Crippen LogP contribution in [0.25, 0.3) is 0 Å². The van der Waals surface area contributed by atoms with E-state index in [9.17, 15) is 50.0 Å². The Morgan fingerprint density at radius 2 is 1.05 bits per heavy atom. The molecular weight excluding hydrogens is 741 g/mol. The van der Waals surface area contributed by atoms with E-state index in [2.05, 4.69) is 31.3 Å². The first kappa shape index (κ1) is 52.8. The fourth-order valence-electron chi connectivity index (χ4n) is 6.90. The lowest BCUT2D eigenvalue weighted by atomic mass is 9.85. The quantitative estimate of drug-likeness (QED) is 0.0192. The van der Waals surface area contributed by atoms with E-state index in [1.54, 1.807) is 6.08 Å². The van der Waals surface area contributed by atoms with Gasteiger partial charge in [-0.15, -0.1) is 0 Å². The molecule has 0 aliphatic heterocycles. The number of unbranched alkanes of at least 4 members (excludes halogenated alkanes) is 20. The van der Waals surface area contributed by atoms with Crippen molar-refractivity contribution in [3.05, 3.63) is 24.3 Å². The van der Waals surface area contributed by atoms with Crippen LogP contribution in [0.5, 0.6) is 0 Å². The highest BCUT2D eigenvalue weighted by molar-refractivity contribution is 7.47. The molecule has 0 radical (unpaired) electrons. The van der Waals surface area contributed by atoms with Crippen molar-refractivity contribution in [2.75, 3.05) is 6.61 Å². The van der Waals surface area contributed by atoms with Crippen molar-refractivity contribution >= 4 is 13.7 Å². The summed E-state index contributed by atoms with van der Waals surface area (Å²) in [6, 6.07) is -1.25. The van der Waals surface area contributed by atoms with Crippen LogP contribution in [0.15, 0.2) is 24.3 Å². The fraction of sp³-hybridized carbons (Fsp3) is 0.881. The van der Waals surface area contributed by atoms with Crippen LogP contribution in [0.3, 0.4) is 0 Å². The molecule has 1 aliphatic rings. The first-order chi connectivity index (χ1) is 26.8.